The van der Waals surface area contributed by atoms with Crippen LogP contribution in [0.15, 0.2) is 24.3 Å². The third kappa shape index (κ3) is 2.48. The summed E-state index contributed by atoms with van der Waals surface area (Å²) in [5.41, 5.74) is 6.08. The maximum Gasteiger partial charge on any atom is 0.323 e. The van der Waals surface area contributed by atoms with Crippen molar-refractivity contribution in [3.63, 3.8) is 0 Å². The van der Waals surface area contributed by atoms with Gasteiger partial charge in [-0.2, -0.15) is 0 Å². The fourth-order valence-electron chi connectivity index (χ4n) is 2.56. The quantitative estimate of drug-likeness (QED) is 0.860. The molecule has 4 nitrogen and oxygen atoms in total. The first kappa shape index (κ1) is 12.9. The second-order valence-electron chi connectivity index (χ2n) is 5.01. The number of carboxylic acids is 1. The van der Waals surface area contributed by atoms with E-state index in [1.165, 1.54) is 5.56 Å². The molecule has 3 N–H and O–H groups in total. The summed E-state index contributed by atoms with van der Waals surface area (Å²) in [5, 5.41) is 9.08. The van der Waals surface area contributed by atoms with Crippen molar-refractivity contribution in [1.29, 1.82) is 0 Å². The monoisotopic (exact) mass is 249 g/mol. The van der Waals surface area contributed by atoms with Crippen LogP contribution >= 0.6 is 0 Å². The Kier molecular flexibility index (Phi) is 3.57. The van der Waals surface area contributed by atoms with Crippen LogP contribution < -0.4 is 10.5 Å². The lowest BCUT2D eigenvalue weighted by Gasteiger charge is -2.33. The van der Waals surface area contributed by atoms with Crippen LogP contribution in [0.2, 0.25) is 0 Å². The Labute approximate surface area is 107 Å². The van der Waals surface area contributed by atoms with Gasteiger partial charge >= 0.3 is 5.97 Å². The number of ether oxygens (including phenoxy) is 1. The lowest BCUT2D eigenvalue weighted by molar-refractivity contribution is -0.144. The van der Waals surface area contributed by atoms with Crippen molar-refractivity contribution in [2.75, 3.05) is 7.11 Å². The average Bonchev–Trinajstić information content (AvgIpc) is 2.40. The fourth-order valence-corrected chi connectivity index (χ4v) is 2.56. The van der Waals surface area contributed by atoms with E-state index in [2.05, 4.69) is 0 Å². The number of carboxylic acid groups (broad SMARTS) is 1. The molecule has 0 bridgehead atoms. The molecule has 0 saturated heterocycles. The molecule has 0 atom stereocenters. The van der Waals surface area contributed by atoms with Gasteiger partial charge < -0.3 is 15.6 Å². The van der Waals surface area contributed by atoms with E-state index in [4.69, 9.17) is 15.6 Å². The van der Waals surface area contributed by atoms with Crippen LogP contribution in [0.3, 0.4) is 0 Å². The summed E-state index contributed by atoms with van der Waals surface area (Å²) < 4.78 is 5.12. The molecule has 1 aliphatic rings. The molecule has 0 aliphatic heterocycles. The van der Waals surface area contributed by atoms with Crippen LogP contribution in [0.1, 0.15) is 37.2 Å². The second kappa shape index (κ2) is 4.98. The summed E-state index contributed by atoms with van der Waals surface area (Å²) in [5.74, 6) is 0.371. The van der Waals surface area contributed by atoms with Crippen LogP contribution in [0.4, 0.5) is 0 Å². The fraction of sp³-hybridized carbons (Fsp3) is 0.500. The minimum Gasteiger partial charge on any atom is -0.497 e. The third-order valence-electron chi connectivity index (χ3n) is 3.89. The van der Waals surface area contributed by atoms with Crippen molar-refractivity contribution < 1.29 is 14.6 Å². The van der Waals surface area contributed by atoms with Gasteiger partial charge in [0, 0.05) is 0 Å². The zero-order valence-electron chi connectivity index (χ0n) is 10.6. The van der Waals surface area contributed by atoms with Gasteiger partial charge in [-0.15, -0.1) is 0 Å². The predicted octanol–water partition coefficient (Wildman–Crippen LogP) is 2.13. The van der Waals surface area contributed by atoms with Crippen molar-refractivity contribution >= 4 is 5.97 Å². The summed E-state index contributed by atoms with van der Waals surface area (Å²) in [6.45, 7) is 0. The predicted molar refractivity (Wildman–Crippen MR) is 68.8 cm³/mol. The number of methoxy groups -OCH3 is 1. The van der Waals surface area contributed by atoms with Crippen molar-refractivity contribution in [3.05, 3.63) is 29.8 Å². The van der Waals surface area contributed by atoms with E-state index in [0.29, 0.717) is 18.8 Å². The van der Waals surface area contributed by atoms with E-state index in [9.17, 15) is 4.79 Å². The number of hydrogen-bond acceptors (Lipinski definition) is 3. The topological polar surface area (TPSA) is 72.5 Å². The van der Waals surface area contributed by atoms with Gasteiger partial charge in [-0.05, 0) is 49.3 Å². The summed E-state index contributed by atoms with van der Waals surface area (Å²) in [7, 11) is 1.64. The van der Waals surface area contributed by atoms with Gasteiger partial charge in [-0.1, -0.05) is 12.1 Å². The minimum atomic E-state index is -1.02. The lowest BCUT2D eigenvalue weighted by atomic mass is 9.75. The molecule has 0 radical (unpaired) electrons. The van der Waals surface area contributed by atoms with E-state index in [1.807, 2.05) is 24.3 Å². The summed E-state index contributed by atoms with van der Waals surface area (Å²) in [6.07, 6.45) is 2.74. The molecule has 18 heavy (non-hydrogen) atoms. The van der Waals surface area contributed by atoms with Gasteiger partial charge in [-0.3, -0.25) is 4.79 Å². The second-order valence-corrected chi connectivity index (χ2v) is 5.01. The molecule has 1 aliphatic carbocycles. The van der Waals surface area contributed by atoms with Gasteiger partial charge in [0.05, 0.1) is 7.11 Å². The van der Waals surface area contributed by atoms with Gasteiger partial charge in [0.2, 0.25) is 0 Å². The molecule has 4 heteroatoms. The van der Waals surface area contributed by atoms with E-state index < -0.39 is 11.5 Å². The first-order valence-electron chi connectivity index (χ1n) is 6.21. The molecule has 1 fully saturated rings. The molecule has 0 unspecified atom stereocenters. The van der Waals surface area contributed by atoms with Crippen LogP contribution in [0.5, 0.6) is 5.75 Å². The molecular formula is C14H19NO3. The highest BCUT2D eigenvalue weighted by atomic mass is 16.5. The van der Waals surface area contributed by atoms with E-state index in [0.717, 1.165) is 18.6 Å². The standard InChI is InChI=1S/C14H19NO3/c1-18-12-4-2-10(3-5-12)11-6-8-14(15,9-7-11)13(16)17/h2-5,11H,6-9,15H2,1H3,(H,16,17). The van der Waals surface area contributed by atoms with Crippen molar-refractivity contribution in [1.82, 2.24) is 0 Å². The maximum atomic E-state index is 11.1. The van der Waals surface area contributed by atoms with Crippen LogP contribution in [0, 0.1) is 0 Å². The summed E-state index contributed by atoms with van der Waals surface area (Å²) in [4.78, 5) is 11.1. The van der Waals surface area contributed by atoms with Crippen LogP contribution in [-0.2, 0) is 4.79 Å². The largest absolute Gasteiger partial charge is 0.497 e. The third-order valence-corrected chi connectivity index (χ3v) is 3.89. The zero-order chi connectivity index (χ0) is 13.2. The molecule has 2 rings (SSSR count). The van der Waals surface area contributed by atoms with Gasteiger partial charge in [0.25, 0.3) is 0 Å². The molecule has 1 aromatic carbocycles. The van der Waals surface area contributed by atoms with Crippen molar-refractivity contribution in [2.45, 2.75) is 37.1 Å². The maximum absolute atomic E-state index is 11.1. The van der Waals surface area contributed by atoms with E-state index in [1.54, 1.807) is 7.11 Å². The van der Waals surface area contributed by atoms with Crippen molar-refractivity contribution in [3.8, 4) is 5.75 Å². The number of benzene rings is 1. The van der Waals surface area contributed by atoms with E-state index in [-0.39, 0.29) is 0 Å². The molecule has 0 amide bonds. The molecule has 98 valence electrons. The van der Waals surface area contributed by atoms with Crippen LogP contribution in [0.25, 0.3) is 0 Å². The highest BCUT2D eigenvalue weighted by molar-refractivity contribution is 5.78. The molecule has 0 aromatic heterocycles. The molecule has 1 aromatic rings. The minimum absolute atomic E-state index is 0.409. The Bertz CT molecular complexity index is 419. The Morgan fingerprint density at radius 3 is 2.33 bits per heavy atom. The Hall–Kier alpha value is -1.55. The first-order chi connectivity index (χ1) is 8.55. The molecule has 1 saturated carbocycles. The number of aliphatic carboxylic acids is 1. The van der Waals surface area contributed by atoms with Gasteiger partial charge in [-0.25, -0.2) is 0 Å². The number of rotatable bonds is 3. The molecular weight excluding hydrogens is 230 g/mol. The lowest BCUT2D eigenvalue weighted by Crippen LogP contribution is -2.50. The zero-order valence-corrected chi connectivity index (χ0v) is 10.6. The SMILES string of the molecule is COc1ccc(C2CCC(N)(C(=O)O)CC2)cc1. The first-order valence-corrected chi connectivity index (χ1v) is 6.21. The van der Waals surface area contributed by atoms with Gasteiger partial charge in [0.1, 0.15) is 11.3 Å². The highest BCUT2D eigenvalue weighted by Gasteiger charge is 2.38. The Balaban J connectivity index is 2.03. The number of carbonyl (C=O) groups is 1. The summed E-state index contributed by atoms with van der Waals surface area (Å²) >= 11 is 0. The average molecular weight is 249 g/mol. The molecule has 0 heterocycles. The smallest absolute Gasteiger partial charge is 0.323 e. The van der Waals surface area contributed by atoms with Crippen LogP contribution in [-0.4, -0.2) is 23.7 Å². The number of nitrogens with two attached hydrogens (primary N) is 1. The Morgan fingerprint density at radius 1 is 1.33 bits per heavy atom. The van der Waals surface area contributed by atoms with E-state index >= 15 is 0 Å². The molecule has 0 spiro atoms. The van der Waals surface area contributed by atoms with Crippen molar-refractivity contribution in [2.24, 2.45) is 5.73 Å². The summed E-state index contributed by atoms with van der Waals surface area (Å²) in [6, 6.07) is 7.98. The van der Waals surface area contributed by atoms with Gasteiger partial charge in [0.15, 0.2) is 0 Å². The Morgan fingerprint density at radius 2 is 1.89 bits per heavy atom. The normalized spacial score (nSPS) is 27.8. The highest BCUT2D eigenvalue weighted by Crippen LogP contribution is 2.37. The number of hydrogen-bond donors (Lipinski definition) is 2.